The van der Waals surface area contributed by atoms with Crippen molar-refractivity contribution in [3.05, 3.63) is 85.0 Å². The van der Waals surface area contributed by atoms with Crippen LogP contribution >= 0.6 is 11.3 Å². The van der Waals surface area contributed by atoms with Gasteiger partial charge in [-0.3, -0.25) is 19.4 Å². The fourth-order valence-electron chi connectivity index (χ4n) is 3.66. The number of thiophene rings is 1. The molecule has 0 spiro atoms. The van der Waals surface area contributed by atoms with Crippen LogP contribution in [0.5, 0.6) is 0 Å². The molecule has 27 heavy (non-hydrogen) atoms. The molecule has 2 aliphatic rings. The molecule has 1 aromatic carbocycles. The van der Waals surface area contributed by atoms with E-state index in [1.54, 1.807) is 24.3 Å². The number of hydrogen-bond donors (Lipinski definition) is 3. The summed E-state index contributed by atoms with van der Waals surface area (Å²) in [5, 5.41) is 4.76. The second kappa shape index (κ2) is 5.49. The highest BCUT2D eigenvalue weighted by atomic mass is 32.1. The summed E-state index contributed by atoms with van der Waals surface area (Å²) >= 11 is 1.41. The number of fused-ring (bicyclic) bond motifs is 2. The Labute approximate surface area is 156 Å². The average Bonchev–Trinajstić information content (AvgIpc) is 3.19. The molecule has 0 amide bonds. The summed E-state index contributed by atoms with van der Waals surface area (Å²) in [4.78, 5) is 46.5. The second-order valence-electron chi connectivity index (χ2n) is 6.28. The van der Waals surface area contributed by atoms with Crippen LogP contribution in [-0.4, -0.2) is 21.5 Å². The number of nitrogens with zero attached hydrogens (tertiary/aromatic N) is 1. The number of benzene rings is 1. The maximum atomic E-state index is 13.3. The predicted octanol–water partition coefficient (Wildman–Crippen LogP) is 2.30. The van der Waals surface area contributed by atoms with Crippen molar-refractivity contribution in [3.8, 4) is 0 Å². The second-order valence-corrected chi connectivity index (χ2v) is 7.26. The lowest BCUT2D eigenvalue weighted by molar-refractivity contribution is 0.0971. The molecule has 5 rings (SSSR count). The molecule has 0 radical (unpaired) electrons. The monoisotopic (exact) mass is 376 g/mol. The summed E-state index contributed by atoms with van der Waals surface area (Å²) in [5.74, 6) is -1.11. The molecule has 2 aromatic heterocycles. The Morgan fingerprint density at radius 3 is 2.44 bits per heavy atom. The SMILES string of the molecule is Nc1nc2c(c(=O)[nH]1)C(c1cccs1)C1=C(N2)C(=O)c2ccccc2C1=O. The van der Waals surface area contributed by atoms with E-state index < -0.39 is 11.5 Å². The number of Topliss-reactive ketones (excluding diaryl/α,β-unsaturated/α-hetero) is 2. The number of carbonyl (C=O) groups excluding carboxylic acids is 2. The zero-order valence-electron chi connectivity index (χ0n) is 13.8. The van der Waals surface area contributed by atoms with E-state index in [1.165, 1.54) is 11.3 Å². The molecule has 0 saturated heterocycles. The lowest BCUT2D eigenvalue weighted by Crippen LogP contribution is -2.36. The highest BCUT2D eigenvalue weighted by Gasteiger charge is 2.43. The number of H-pyrrole nitrogens is 1. The maximum absolute atomic E-state index is 13.3. The molecule has 1 unspecified atom stereocenters. The molecule has 0 fully saturated rings. The van der Waals surface area contributed by atoms with Crippen LogP contribution in [0.2, 0.25) is 0 Å². The molecule has 1 atom stereocenters. The zero-order chi connectivity index (χ0) is 18.7. The van der Waals surface area contributed by atoms with Gasteiger partial charge in [-0.15, -0.1) is 11.3 Å². The first kappa shape index (κ1) is 15.7. The highest BCUT2D eigenvalue weighted by Crippen LogP contribution is 2.45. The Morgan fingerprint density at radius 2 is 1.74 bits per heavy atom. The van der Waals surface area contributed by atoms with Crippen LogP contribution in [0, 0.1) is 0 Å². The van der Waals surface area contributed by atoms with Gasteiger partial charge in [0.2, 0.25) is 11.7 Å². The van der Waals surface area contributed by atoms with Gasteiger partial charge >= 0.3 is 0 Å². The number of nitrogens with one attached hydrogen (secondary N) is 2. The van der Waals surface area contributed by atoms with Gasteiger partial charge in [0.1, 0.15) is 5.82 Å². The Morgan fingerprint density at radius 1 is 1.00 bits per heavy atom. The average molecular weight is 376 g/mol. The van der Waals surface area contributed by atoms with Crippen molar-refractivity contribution >= 4 is 34.7 Å². The van der Waals surface area contributed by atoms with Gasteiger partial charge in [0.05, 0.1) is 17.2 Å². The Hall–Kier alpha value is -3.52. The third-order valence-corrected chi connectivity index (χ3v) is 5.72. The van der Waals surface area contributed by atoms with E-state index in [0.29, 0.717) is 11.1 Å². The van der Waals surface area contributed by atoms with Crippen molar-refractivity contribution in [3.63, 3.8) is 0 Å². The molecule has 0 saturated carbocycles. The van der Waals surface area contributed by atoms with E-state index in [4.69, 9.17) is 5.73 Å². The number of nitrogen functional groups attached to an aromatic ring is 1. The van der Waals surface area contributed by atoms with Crippen LogP contribution in [0.1, 0.15) is 37.1 Å². The predicted molar refractivity (Wildman–Crippen MR) is 101 cm³/mol. The Kier molecular flexibility index (Phi) is 3.19. The summed E-state index contributed by atoms with van der Waals surface area (Å²) < 4.78 is 0. The molecule has 1 aliphatic heterocycles. The molecule has 132 valence electrons. The smallest absolute Gasteiger partial charge is 0.258 e. The van der Waals surface area contributed by atoms with Crippen molar-refractivity contribution in [2.75, 3.05) is 11.1 Å². The maximum Gasteiger partial charge on any atom is 0.258 e. The van der Waals surface area contributed by atoms with Gasteiger partial charge in [-0.25, -0.2) is 0 Å². The first-order valence-corrected chi connectivity index (χ1v) is 9.07. The van der Waals surface area contributed by atoms with E-state index >= 15 is 0 Å². The minimum Gasteiger partial charge on any atom is -0.369 e. The molecule has 8 heteroatoms. The Bertz CT molecular complexity index is 1220. The summed E-state index contributed by atoms with van der Waals surface area (Å²) in [7, 11) is 0. The van der Waals surface area contributed by atoms with E-state index in [0.717, 1.165) is 4.88 Å². The standard InChI is InChI=1S/C19H12N4O3S/c20-19-22-17-13(18(26)23-19)11(10-6-3-7-27-10)12-14(21-17)16(25)9-5-2-1-4-8(9)15(12)24/h1-7,11H,(H4,20,21,22,23,26). The van der Waals surface area contributed by atoms with Gasteiger partial charge in [0.15, 0.2) is 5.78 Å². The number of hydrogen-bond acceptors (Lipinski definition) is 7. The molecule has 3 heterocycles. The molecule has 1 aliphatic carbocycles. The minimum absolute atomic E-state index is 0.0600. The van der Waals surface area contributed by atoms with Crippen LogP contribution in [-0.2, 0) is 0 Å². The quantitative estimate of drug-likeness (QED) is 0.600. The zero-order valence-corrected chi connectivity index (χ0v) is 14.6. The molecule has 0 bridgehead atoms. The summed E-state index contributed by atoms with van der Waals surface area (Å²) in [5.41, 5.74) is 6.63. The lowest BCUT2D eigenvalue weighted by Gasteiger charge is -2.31. The van der Waals surface area contributed by atoms with Crippen molar-refractivity contribution < 1.29 is 9.59 Å². The van der Waals surface area contributed by atoms with Gasteiger partial charge < -0.3 is 11.1 Å². The molecule has 4 N–H and O–H groups in total. The summed E-state index contributed by atoms with van der Waals surface area (Å²) in [6.45, 7) is 0. The number of anilines is 2. The fourth-order valence-corrected chi connectivity index (χ4v) is 4.50. The van der Waals surface area contributed by atoms with Gasteiger partial charge in [-0.1, -0.05) is 30.3 Å². The molecular formula is C19H12N4O3S. The van der Waals surface area contributed by atoms with Crippen LogP contribution in [0.4, 0.5) is 11.8 Å². The van der Waals surface area contributed by atoms with Crippen LogP contribution in [0.25, 0.3) is 0 Å². The van der Waals surface area contributed by atoms with E-state index in [1.807, 2.05) is 17.5 Å². The van der Waals surface area contributed by atoms with Crippen LogP contribution in [0.15, 0.2) is 57.8 Å². The number of aromatic nitrogens is 2. The van der Waals surface area contributed by atoms with Gasteiger partial charge in [0.25, 0.3) is 5.56 Å². The van der Waals surface area contributed by atoms with Crippen molar-refractivity contribution in [2.45, 2.75) is 5.92 Å². The minimum atomic E-state index is -0.682. The number of allylic oxidation sites excluding steroid dienone is 2. The van der Waals surface area contributed by atoms with Crippen LogP contribution in [0.3, 0.4) is 0 Å². The molecular weight excluding hydrogens is 364 g/mol. The van der Waals surface area contributed by atoms with Crippen molar-refractivity contribution in [2.24, 2.45) is 0 Å². The number of carbonyl (C=O) groups is 2. The van der Waals surface area contributed by atoms with Crippen LogP contribution < -0.4 is 16.6 Å². The first-order valence-electron chi connectivity index (χ1n) is 8.19. The number of ketones is 2. The van der Waals surface area contributed by atoms with E-state index in [2.05, 4.69) is 15.3 Å². The highest BCUT2D eigenvalue weighted by molar-refractivity contribution is 7.10. The normalized spacial score (nSPS) is 17.9. The third kappa shape index (κ3) is 2.13. The largest absolute Gasteiger partial charge is 0.369 e. The van der Waals surface area contributed by atoms with Gasteiger partial charge in [-0.05, 0) is 11.4 Å². The number of aromatic amines is 1. The van der Waals surface area contributed by atoms with E-state index in [9.17, 15) is 14.4 Å². The van der Waals surface area contributed by atoms with Gasteiger partial charge in [-0.2, -0.15) is 4.98 Å². The number of nitrogens with two attached hydrogens (primary N) is 1. The lowest BCUT2D eigenvalue weighted by atomic mass is 9.76. The Balaban J connectivity index is 1.84. The summed E-state index contributed by atoms with van der Waals surface area (Å²) in [6, 6.07) is 10.4. The third-order valence-electron chi connectivity index (χ3n) is 4.78. The topological polar surface area (TPSA) is 118 Å². The first-order chi connectivity index (χ1) is 13.1. The van der Waals surface area contributed by atoms with E-state index in [-0.39, 0.29) is 40.2 Å². The molecule has 7 nitrogen and oxygen atoms in total. The fraction of sp³-hybridized carbons (Fsp3) is 0.0526. The van der Waals surface area contributed by atoms with Gasteiger partial charge in [0, 0.05) is 21.6 Å². The van der Waals surface area contributed by atoms with Crippen molar-refractivity contribution in [1.82, 2.24) is 9.97 Å². The van der Waals surface area contributed by atoms with Crippen molar-refractivity contribution in [1.29, 1.82) is 0 Å². The molecule has 3 aromatic rings. The summed E-state index contributed by atoms with van der Waals surface area (Å²) in [6.07, 6.45) is 0. The number of rotatable bonds is 1.